The highest BCUT2D eigenvalue weighted by molar-refractivity contribution is 8.00. The lowest BCUT2D eigenvalue weighted by atomic mass is 9.73. The van der Waals surface area contributed by atoms with Crippen LogP contribution < -0.4 is 5.32 Å². The van der Waals surface area contributed by atoms with Gasteiger partial charge in [-0.15, -0.1) is 23.5 Å². The summed E-state index contributed by atoms with van der Waals surface area (Å²) in [5, 5.41) is 9.22. The molecule has 6 nitrogen and oxygen atoms in total. The number of hydrogen-bond acceptors (Lipinski definition) is 7. The number of amides is 1. The number of nitrogens with one attached hydrogen (secondary N) is 1. The number of oxime groups is 1. The number of carbonyl (C=O) groups is 1. The Morgan fingerprint density at radius 1 is 0.649 bits per heavy atom. The summed E-state index contributed by atoms with van der Waals surface area (Å²) in [7, 11) is 1.65. The Balaban J connectivity index is 0.947. The minimum atomic E-state index is -0.456. The molecule has 2 unspecified atom stereocenters. The van der Waals surface area contributed by atoms with Crippen LogP contribution in [0.5, 0.6) is 0 Å². The van der Waals surface area contributed by atoms with E-state index >= 15 is 0 Å². The van der Waals surface area contributed by atoms with Crippen LogP contribution in [0.25, 0.3) is 0 Å². The van der Waals surface area contributed by atoms with Crippen molar-refractivity contribution in [3.05, 3.63) is 249 Å². The van der Waals surface area contributed by atoms with Crippen molar-refractivity contribution in [2.24, 2.45) is 11.1 Å². The molecule has 2 heterocycles. The molecule has 0 saturated carbocycles. The van der Waals surface area contributed by atoms with Crippen molar-refractivity contribution in [2.75, 3.05) is 51.3 Å². The molecule has 0 radical (unpaired) electrons. The average molecular weight is 1060 g/mol. The molecule has 2 aliphatic heterocycles. The van der Waals surface area contributed by atoms with Gasteiger partial charge in [-0.1, -0.05) is 223 Å². The third kappa shape index (κ3) is 12.0. The number of rotatable bonds is 24. The summed E-state index contributed by atoms with van der Waals surface area (Å²) in [6.07, 6.45) is 5.01. The molecule has 10 heteroatoms. The van der Waals surface area contributed by atoms with E-state index in [0.29, 0.717) is 35.2 Å². The van der Waals surface area contributed by atoms with Gasteiger partial charge in [-0.3, -0.25) is 14.6 Å². The molecule has 9 rings (SSSR count). The van der Waals surface area contributed by atoms with Crippen LogP contribution in [0.15, 0.2) is 205 Å². The van der Waals surface area contributed by atoms with Crippen LogP contribution >= 0.6 is 46.7 Å². The zero-order valence-corrected chi connectivity index (χ0v) is 45.7. The second-order valence-corrected chi connectivity index (χ2v) is 22.9. The number of benzene rings is 7. The van der Waals surface area contributed by atoms with E-state index < -0.39 is 9.49 Å². The van der Waals surface area contributed by atoms with Gasteiger partial charge in [0.25, 0.3) is 0 Å². The minimum Gasteiger partial charge on any atom is -0.399 e. The first kappa shape index (κ1) is 53.5. The standard InChI is InChI=1S/C64H68Cl2N4O2S2/c1-3-59(68-72-2)62-56(48-35-37-57(65)58(66)45-48)46-55-36-38-60(62)70(55)41-22-40-69(42-44-74-64(52-29-16-7-17-30-52,53-31-18-8-19-32-53)54-33-20-9-21-34-54)47-61(71)67-39-43-73-63(49-23-10-4-11-24-49,50-25-12-5-13-26-50)51-27-14-6-15-28-51/h4-21,23-35,37,45,55-56,60,62H,3,22,36,38-44,46-47H2,1-2H3,(H,67,71)/b68-59+/t55?,56-,60?,62+/m0/s1. The summed E-state index contributed by atoms with van der Waals surface area (Å²) in [6, 6.07) is 71.9. The van der Waals surface area contributed by atoms with E-state index in [4.69, 9.17) is 28.0 Å². The van der Waals surface area contributed by atoms with Crippen molar-refractivity contribution in [3.8, 4) is 0 Å². The van der Waals surface area contributed by atoms with E-state index in [1.165, 1.54) is 38.9 Å². The largest absolute Gasteiger partial charge is 0.399 e. The van der Waals surface area contributed by atoms with E-state index in [9.17, 15) is 4.79 Å². The van der Waals surface area contributed by atoms with Gasteiger partial charge >= 0.3 is 0 Å². The van der Waals surface area contributed by atoms with Gasteiger partial charge in [-0.2, -0.15) is 0 Å². The van der Waals surface area contributed by atoms with E-state index in [2.05, 4.69) is 221 Å². The van der Waals surface area contributed by atoms with Crippen molar-refractivity contribution >= 4 is 58.3 Å². The number of nitrogens with zero attached hydrogens (tertiary/aromatic N) is 3. The third-order valence-corrected chi connectivity index (χ3v) is 19.0. The zero-order chi connectivity index (χ0) is 51.2. The van der Waals surface area contributed by atoms with E-state index in [1.54, 1.807) is 7.11 Å². The molecule has 1 amide bonds. The molecule has 1 N–H and O–H groups in total. The highest BCUT2D eigenvalue weighted by atomic mass is 35.5. The number of piperidine rings is 1. The van der Waals surface area contributed by atoms with Gasteiger partial charge in [0.15, 0.2) is 0 Å². The van der Waals surface area contributed by atoms with E-state index in [1.807, 2.05) is 29.6 Å². The van der Waals surface area contributed by atoms with Gasteiger partial charge in [0.1, 0.15) is 7.11 Å². The Bertz CT molecular complexity index is 2670. The summed E-state index contributed by atoms with van der Waals surface area (Å²) in [5.41, 5.74) is 9.66. The van der Waals surface area contributed by atoms with Crippen molar-refractivity contribution in [3.63, 3.8) is 0 Å². The van der Waals surface area contributed by atoms with Crippen LogP contribution in [0, 0.1) is 5.92 Å². The normalized spacial score (nSPS) is 18.1. The van der Waals surface area contributed by atoms with Gasteiger partial charge < -0.3 is 10.2 Å². The summed E-state index contributed by atoms with van der Waals surface area (Å²) >= 11 is 16.9. The fraction of sp³-hybridized carbons (Fsp3) is 0.312. The first-order valence-corrected chi connectivity index (χ1v) is 29.0. The van der Waals surface area contributed by atoms with Crippen molar-refractivity contribution in [2.45, 2.75) is 66.5 Å². The zero-order valence-electron chi connectivity index (χ0n) is 42.6. The maximum atomic E-state index is 14.4. The maximum Gasteiger partial charge on any atom is 0.234 e. The van der Waals surface area contributed by atoms with Crippen molar-refractivity contribution < 1.29 is 9.63 Å². The molecule has 74 heavy (non-hydrogen) atoms. The number of hydrogen-bond donors (Lipinski definition) is 1. The van der Waals surface area contributed by atoms with E-state index in [-0.39, 0.29) is 17.7 Å². The van der Waals surface area contributed by atoms with Crippen LogP contribution in [0.1, 0.15) is 83.9 Å². The van der Waals surface area contributed by atoms with Crippen LogP contribution in [-0.2, 0) is 19.1 Å². The van der Waals surface area contributed by atoms with Gasteiger partial charge in [0, 0.05) is 42.6 Å². The molecule has 2 aliphatic rings. The minimum absolute atomic E-state index is 0.0479. The molecule has 382 valence electrons. The second kappa shape index (κ2) is 26.0. The summed E-state index contributed by atoms with van der Waals surface area (Å²) in [4.78, 5) is 25.1. The van der Waals surface area contributed by atoms with Crippen LogP contribution in [-0.4, -0.2) is 84.8 Å². The first-order valence-electron chi connectivity index (χ1n) is 26.3. The smallest absolute Gasteiger partial charge is 0.234 e. The fourth-order valence-corrected chi connectivity index (χ4v) is 15.2. The Kier molecular flexibility index (Phi) is 18.8. The molecule has 0 spiro atoms. The van der Waals surface area contributed by atoms with Gasteiger partial charge in [0.05, 0.1) is 31.8 Å². The number of fused-ring (bicyclic) bond motifs is 2. The topological polar surface area (TPSA) is 57.2 Å². The van der Waals surface area contributed by atoms with Crippen LogP contribution in [0.2, 0.25) is 10.0 Å². The second-order valence-electron chi connectivity index (χ2n) is 19.4. The lowest BCUT2D eigenvalue weighted by molar-refractivity contribution is -0.122. The summed E-state index contributed by atoms with van der Waals surface area (Å²) in [5.74, 6) is 2.04. The number of halogens is 2. The molecule has 0 aromatic heterocycles. The Hall–Kier alpha value is -5.32. The molecule has 7 aromatic carbocycles. The van der Waals surface area contributed by atoms with Crippen LogP contribution in [0.3, 0.4) is 0 Å². The Morgan fingerprint density at radius 3 is 1.57 bits per heavy atom. The molecule has 4 atom stereocenters. The molecule has 2 fully saturated rings. The third-order valence-electron chi connectivity index (χ3n) is 15.2. The SMILES string of the molecule is CC/C(=N\OC)[C@@H]1C2CCC(C[C@H]1c1ccc(Cl)c(Cl)c1)N2CCCN(CCSC(c1ccccc1)(c1ccccc1)c1ccccc1)CC(=O)NCCSC(c1ccccc1)(c1ccccc1)c1ccccc1. The lowest BCUT2D eigenvalue weighted by Gasteiger charge is -2.45. The van der Waals surface area contributed by atoms with Crippen molar-refractivity contribution in [1.29, 1.82) is 0 Å². The molecule has 2 bridgehead atoms. The van der Waals surface area contributed by atoms with Gasteiger partial charge in [-0.25, -0.2) is 0 Å². The molecular weight excluding hydrogens is 992 g/mol. The van der Waals surface area contributed by atoms with Crippen LogP contribution in [0.4, 0.5) is 0 Å². The molecule has 0 aliphatic carbocycles. The van der Waals surface area contributed by atoms with E-state index in [0.717, 1.165) is 69.0 Å². The predicted molar refractivity (Wildman–Crippen MR) is 313 cm³/mol. The van der Waals surface area contributed by atoms with Gasteiger partial charge in [-0.05, 0) is 102 Å². The maximum absolute atomic E-state index is 14.4. The average Bonchev–Trinajstić information content (AvgIpc) is 3.74. The Morgan fingerprint density at radius 2 is 1.12 bits per heavy atom. The molecule has 7 aromatic rings. The monoisotopic (exact) mass is 1060 g/mol. The van der Waals surface area contributed by atoms with Crippen molar-refractivity contribution in [1.82, 2.24) is 15.1 Å². The highest BCUT2D eigenvalue weighted by Crippen LogP contribution is 2.51. The number of carbonyl (C=O) groups excluding carboxylic acids is 1. The Labute approximate surface area is 458 Å². The quantitative estimate of drug-likeness (QED) is 0.0282. The van der Waals surface area contributed by atoms with Gasteiger partial charge in [0.2, 0.25) is 5.91 Å². The lowest BCUT2D eigenvalue weighted by Crippen LogP contribution is -2.51. The predicted octanol–water partition coefficient (Wildman–Crippen LogP) is 14.6. The molecule has 2 saturated heterocycles. The first-order chi connectivity index (χ1) is 36.3. The highest BCUT2D eigenvalue weighted by Gasteiger charge is 2.49. The number of thioether (sulfide) groups is 2. The fourth-order valence-electron chi connectivity index (χ4n) is 11.9. The summed E-state index contributed by atoms with van der Waals surface area (Å²) < 4.78 is -0.909. The summed E-state index contributed by atoms with van der Waals surface area (Å²) in [6.45, 7) is 5.52. The molecular formula is C64H68Cl2N4O2S2.